The lowest BCUT2D eigenvalue weighted by Crippen LogP contribution is -2.02. The SMILES string of the molecule is O=Cc1ccnc(-n2ccc(C(=O)O)n2)c1. The van der Waals surface area contributed by atoms with Crippen molar-refractivity contribution in [3.05, 3.63) is 41.9 Å². The molecule has 6 heteroatoms. The fraction of sp³-hybridized carbons (Fsp3) is 0. The molecule has 0 atom stereocenters. The molecule has 0 aliphatic heterocycles. The zero-order chi connectivity index (χ0) is 11.5. The van der Waals surface area contributed by atoms with E-state index in [4.69, 9.17) is 5.11 Å². The number of carboxylic acids is 1. The average Bonchev–Trinajstić information content (AvgIpc) is 2.78. The van der Waals surface area contributed by atoms with Gasteiger partial charge in [0.05, 0.1) is 0 Å². The standard InChI is InChI=1S/C10H7N3O3/c14-6-7-1-3-11-9(5-7)13-4-2-8(12-13)10(15)16/h1-6H,(H,15,16). The summed E-state index contributed by atoms with van der Waals surface area (Å²) in [6.07, 6.45) is 3.62. The molecule has 0 aromatic carbocycles. The maximum Gasteiger partial charge on any atom is 0.356 e. The lowest BCUT2D eigenvalue weighted by molar-refractivity contribution is 0.0690. The third-order valence-corrected chi connectivity index (χ3v) is 1.95. The van der Waals surface area contributed by atoms with E-state index in [1.54, 1.807) is 6.07 Å². The molecule has 0 saturated heterocycles. The number of hydrogen-bond acceptors (Lipinski definition) is 4. The van der Waals surface area contributed by atoms with E-state index in [-0.39, 0.29) is 5.69 Å². The molecule has 2 aromatic heterocycles. The van der Waals surface area contributed by atoms with Gasteiger partial charge in [0, 0.05) is 18.0 Å². The van der Waals surface area contributed by atoms with Crippen LogP contribution in [0.2, 0.25) is 0 Å². The number of aromatic carboxylic acids is 1. The van der Waals surface area contributed by atoms with Gasteiger partial charge in [0.1, 0.15) is 6.29 Å². The number of aromatic nitrogens is 3. The van der Waals surface area contributed by atoms with Gasteiger partial charge in [0.25, 0.3) is 0 Å². The van der Waals surface area contributed by atoms with E-state index in [1.807, 2.05) is 0 Å². The highest BCUT2D eigenvalue weighted by molar-refractivity contribution is 5.85. The highest BCUT2D eigenvalue weighted by atomic mass is 16.4. The number of nitrogens with zero attached hydrogens (tertiary/aromatic N) is 3. The number of hydrogen-bond donors (Lipinski definition) is 1. The van der Waals surface area contributed by atoms with Crippen LogP contribution >= 0.6 is 0 Å². The van der Waals surface area contributed by atoms with Crippen molar-refractivity contribution in [1.82, 2.24) is 14.8 Å². The minimum absolute atomic E-state index is 0.0710. The second-order valence-electron chi connectivity index (χ2n) is 3.02. The highest BCUT2D eigenvalue weighted by Crippen LogP contribution is 2.06. The average molecular weight is 217 g/mol. The van der Waals surface area contributed by atoms with Gasteiger partial charge < -0.3 is 5.11 Å². The molecule has 0 amide bonds. The summed E-state index contributed by atoms with van der Waals surface area (Å²) in [5.74, 6) is -0.706. The number of carboxylic acid groups (broad SMARTS) is 1. The molecule has 1 N–H and O–H groups in total. The Bertz CT molecular complexity index is 548. The predicted molar refractivity (Wildman–Crippen MR) is 53.7 cm³/mol. The van der Waals surface area contributed by atoms with Crippen molar-refractivity contribution >= 4 is 12.3 Å². The lowest BCUT2D eigenvalue weighted by Gasteiger charge is -1.99. The molecule has 0 aliphatic carbocycles. The van der Waals surface area contributed by atoms with E-state index in [1.165, 1.54) is 29.2 Å². The van der Waals surface area contributed by atoms with Crippen LogP contribution in [0.15, 0.2) is 30.6 Å². The van der Waals surface area contributed by atoms with Crippen LogP contribution in [-0.4, -0.2) is 32.1 Å². The van der Waals surface area contributed by atoms with Crippen molar-refractivity contribution in [3.8, 4) is 5.82 Å². The van der Waals surface area contributed by atoms with Gasteiger partial charge in [-0.3, -0.25) is 4.79 Å². The molecule has 16 heavy (non-hydrogen) atoms. The molecule has 0 radical (unpaired) electrons. The minimum atomic E-state index is -1.11. The van der Waals surface area contributed by atoms with E-state index in [9.17, 15) is 9.59 Å². The molecule has 0 spiro atoms. The summed E-state index contributed by atoms with van der Waals surface area (Å²) in [5, 5.41) is 12.5. The molecule has 6 nitrogen and oxygen atoms in total. The van der Waals surface area contributed by atoms with Gasteiger partial charge in [-0.25, -0.2) is 14.5 Å². The molecule has 2 aromatic rings. The number of carbonyl (C=O) groups is 2. The van der Waals surface area contributed by atoms with E-state index >= 15 is 0 Å². The quantitative estimate of drug-likeness (QED) is 0.768. The topological polar surface area (TPSA) is 85.1 Å². The zero-order valence-electron chi connectivity index (χ0n) is 8.07. The first-order valence-electron chi connectivity index (χ1n) is 4.41. The Morgan fingerprint density at radius 1 is 1.44 bits per heavy atom. The Morgan fingerprint density at radius 3 is 2.88 bits per heavy atom. The minimum Gasteiger partial charge on any atom is -0.476 e. The molecule has 2 rings (SSSR count). The van der Waals surface area contributed by atoms with Gasteiger partial charge in [0.15, 0.2) is 11.5 Å². The van der Waals surface area contributed by atoms with Crippen LogP contribution in [-0.2, 0) is 0 Å². The van der Waals surface area contributed by atoms with Crippen LogP contribution in [0.25, 0.3) is 5.82 Å². The molecule has 0 aliphatic rings. The first-order valence-corrected chi connectivity index (χ1v) is 4.41. The summed E-state index contributed by atoms with van der Waals surface area (Å²) in [4.78, 5) is 25.1. The Morgan fingerprint density at radius 2 is 2.25 bits per heavy atom. The van der Waals surface area contributed by atoms with Gasteiger partial charge in [-0.2, -0.15) is 5.10 Å². The summed E-state index contributed by atoms with van der Waals surface area (Å²) in [6.45, 7) is 0. The second kappa shape index (κ2) is 3.93. The largest absolute Gasteiger partial charge is 0.476 e. The second-order valence-corrected chi connectivity index (χ2v) is 3.02. The van der Waals surface area contributed by atoms with Crippen molar-refractivity contribution in [1.29, 1.82) is 0 Å². The number of carbonyl (C=O) groups excluding carboxylic acids is 1. The van der Waals surface area contributed by atoms with E-state index in [0.29, 0.717) is 17.7 Å². The summed E-state index contributed by atoms with van der Waals surface area (Å²) >= 11 is 0. The number of pyridine rings is 1. The monoisotopic (exact) mass is 217 g/mol. The Labute approximate surface area is 90.2 Å². The lowest BCUT2D eigenvalue weighted by atomic mass is 10.3. The van der Waals surface area contributed by atoms with E-state index < -0.39 is 5.97 Å². The Hall–Kier alpha value is -2.50. The van der Waals surface area contributed by atoms with Crippen LogP contribution < -0.4 is 0 Å². The summed E-state index contributed by atoms with van der Waals surface area (Å²) < 4.78 is 1.30. The molecule has 0 saturated carbocycles. The van der Waals surface area contributed by atoms with Gasteiger partial charge >= 0.3 is 5.97 Å². The summed E-state index contributed by atoms with van der Waals surface area (Å²) in [5.41, 5.74) is 0.385. The third kappa shape index (κ3) is 1.81. The van der Waals surface area contributed by atoms with Crippen molar-refractivity contribution in [2.45, 2.75) is 0 Å². The van der Waals surface area contributed by atoms with Gasteiger partial charge in [-0.05, 0) is 18.2 Å². The molecule has 0 unspecified atom stereocenters. The molecule has 80 valence electrons. The maximum atomic E-state index is 10.6. The van der Waals surface area contributed by atoms with E-state index in [2.05, 4.69) is 10.1 Å². The van der Waals surface area contributed by atoms with Crippen molar-refractivity contribution in [2.24, 2.45) is 0 Å². The van der Waals surface area contributed by atoms with Gasteiger partial charge in [-0.15, -0.1) is 0 Å². The molecular formula is C10H7N3O3. The highest BCUT2D eigenvalue weighted by Gasteiger charge is 2.08. The van der Waals surface area contributed by atoms with Crippen molar-refractivity contribution < 1.29 is 14.7 Å². The van der Waals surface area contributed by atoms with Crippen LogP contribution in [0.1, 0.15) is 20.8 Å². The van der Waals surface area contributed by atoms with Crippen LogP contribution in [0, 0.1) is 0 Å². The first kappa shape index (κ1) is 10.0. The van der Waals surface area contributed by atoms with Gasteiger partial charge in [0.2, 0.25) is 0 Å². The van der Waals surface area contributed by atoms with Gasteiger partial charge in [-0.1, -0.05) is 0 Å². The Kier molecular flexibility index (Phi) is 2.47. The van der Waals surface area contributed by atoms with Crippen molar-refractivity contribution in [2.75, 3.05) is 0 Å². The smallest absolute Gasteiger partial charge is 0.356 e. The maximum absolute atomic E-state index is 10.6. The van der Waals surface area contributed by atoms with Crippen molar-refractivity contribution in [3.63, 3.8) is 0 Å². The number of aldehydes is 1. The zero-order valence-corrected chi connectivity index (χ0v) is 8.07. The molecule has 0 bridgehead atoms. The molecule has 2 heterocycles. The first-order chi connectivity index (χ1) is 7.70. The fourth-order valence-corrected chi connectivity index (χ4v) is 1.20. The normalized spacial score (nSPS) is 10.0. The fourth-order valence-electron chi connectivity index (χ4n) is 1.20. The predicted octanol–water partition coefficient (Wildman–Crippen LogP) is 0.778. The summed E-state index contributed by atoms with van der Waals surface area (Å²) in [7, 11) is 0. The van der Waals surface area contributed by atoms with E-state index in [0.717, 1.165) is 0 Å². The molecule has 0 fully saturated rings. The van der Waals surface area contributed by atoms with Crippen LogP contribution in [0.3, 0.4) is 0 Å². The van der Waals surface area contributed by atoms with Crippen LogP contribution in [0.5, 0.6) is 0 Å². The summed E-state index contributed by atoms with van der Waals surface area (Å²) in [6, 6.07) is 4.43. The third-order valence-electron chi connectivity index (χ3n) is 1.95. The Balaban J connectivity index is 2.42. The van der Waals surface area contributed by atoms with Crippen LogP contribution in [0.4, 0.5) is 0 Å². The molecular weight excluding hydrogens is 210 g/mol. The number of rotatable bonds is 3.